The summed E-state index contributed by atoms with van der Waals surface area (Å²) < 4.78 is 0. The first-order valence-electron chi connectivity index (χ1n) is 9.92. The van der Waals surface area contributed by atoms with E-state index in [1.807, 2.05) is 45.0 Å². The van der Waals surface area contributed by atoms with E-state index in [0.717, 1.165) is 17.5 Å². The quantitative estimate of drug-likeness (QED) is 0.590. The van der Waals surface area contributed by atoms with E-state index in [9.17, 15) is 9.59 Å². The van der Waals surface area contributed by atoms with Crippen LogP contribution in [0.4, 0.5) is 0 Å². The van der Waals surface area contributed by atoms with Crippen LogP contribution < -0.4 is 5.32 Å². The summed E-state index contributed by atoms with van der Waals surface area (Å²) in [6, 6.07) is 12.5. The van der Waals surface area contributed by atoms with Crippen LogP contribution in [0.1, 0.15) is 43.4 Å². The van der Waals surface area contributed by atoms with E-state index in [1.165, 1.54) is 0 Å². The Balaban J connectivity index is 2.35. The van der Waals surface area contributed by atoms with Gasteiger partial charge >= 0.3 is 0 Å². The molecule has 0 fully saturated rings. The molecule has 0 heterocycles. The zero-order valence-corrected chi connectivity index (χ0v) is 18.7. The molecule has 4 nitrogen and oxygen atoms in total. The first-order valence-corrected chi connectivity index (χ1v) is 10.7. The molecular weight excluding hydrogens is 407 g/mol. The van der Waals surface area contributed by atoms with Gasteiger partial charge in [0.2, 0.25) is 11.8 Å². The second kappa shape index (κ2) is 11.2. The number of amides is 2. The van der Waals surface area contributed by atoms with Gasteiger partial charge in [0.25, 0.3) is 0 Å². The Morgan fingerprint density at radius 2 is 1.72 bits per heavy atom. The average Bonchev–Trinajstić information content (AvgIpc) is 2.68. The number of carbonyl (C=O) groups excluding carboxylic acids is 2. The van der Waals surface area contributed by atoms with Gasteiger partial charge in [0, 0.05) is 28.7 Å². The SMILES string of the molecule is CCCNC(=O)C(CC)N(Cc1c(Cl)cccc1Cl)C(=O)Cc1cccc(C)c1. The lowest BCUT2D eigenvalue weighted by Crippen LogP contribution is -2.49. The topological polar surface area (TPSA) is 49.4 Å². The molecule has 0 saturated heterocycles. The molecule has 2 amide bonds. The van der Waals surface area contributed by atoms with Crippen LogP contribution >= 0.6 is 23.2 Å². The molecule has 0 aliphatic rings. The fourth-order valence-electron chi connectivity index (χ4n) is 3.24. The van der Waals surface area contributed by atoms with E-state index in [2.05, 4.69) is 5.32 Å². The van der Waals surface area contributed by atoms with E-state index in [1.54, 1.807) is 23.1 Å². The van der Waals surface area contributed by atoms with Crippen molar-refractivity contribution < 1.29 is 9.59 Å². The molecule has 0 aromatic heterocycles. The largest absolute Gasteiger partial charge is 0.354 e. The predicted octanol–water partition coefficient (Wildman–Crippen LogP) is 5.18. The molecule has 1 N–H and O–H groups in total. The lowest BCUT2D eigenvalue weighted by molar-refractivity contribution is -0.140. The third-order valence-corrected chi connectivity index (χ3v) is 5.47. The van der Waals surface area contributed by atoms with Crippen molar-refractivity contribution in [3.8, 4) is 0 Å². The molecule has 2 aromatic rings. The van der Waals surface area contributed by atoms with E-state index in [0.29, 0.717) is 28.6 Å². The van der Waals surface area contributed by atoms with Gasteiger partial charge in [-0.05, 0) is 37.5 Å². The molecule has 156 valence electrons. The molecule has 2 rings (SSSR count). The van der Waals surface area contributed by atoms with Gasteiger partial charge in [-0.15, -0.1) is 0 Å². The molecule has 1 unspecified atom stereocenters. The third-order valence-electron chi connectivity index (χ3n) is 4.76. The van der Waals surface area contributed by atoms with E-state index in [4.69, 9.17) is 23.2 Å². The zero-order chi connectivity index (χ0) is 21.4. The Bertz CT molecular complexity index is 834. The summed E-state index contributed by atoms with van der Waals surface area (Å²) in [6.45, 7) is 6.63. The highest BCUT2D eigenvalue weighted by atomic mass is 35.5. The second-order valence-corrected chi connectivity index (χ2v) is 7.92. The number of nitrogens with zero attached hydrogens (tertiary/aromatic N) is 1. The van der Waals surface area contributed by atoms with Gasteiger partial charge in [0.15, 0.2) is 0 Å². The van der Waals surface area contributed by atoms with Gasteiger partial charge < -0.3 is 10.2 Å². The molecule has 0 spiro atoms. The lowest BCUT2D eigenvalue weighted by Gasteiger charge is -2.31. The number of hydrogen-bond donors (Lipinski definition) is 1. The highest BCUT2D eigenvalue weighted by Gasteiger charge is 2.29. The van der Waals surface area contributed by atoms with E-state index in [-0.39, 0.29) is 24.8 Å². The van der Waals surface area contributed by atoms with Gasteiger partial charge in [0.05, 0.1) is 6.42 Å². The predicted molar refractivity (Wildman–Crippen MR) is 119 cm³/mol. The first-order chi connectivity index (χ1) is 13.9. The molecule has 29 heavy (non-hydrogen) atoms. The Kier molecular flexibility index (Phi) is 8.99. The Hall–Kier alpha value is -2.04. The molecule has 0 aliphatic heterocycles. The number of benzene rings is 2. The summed E-state index contributed by atoms with van der Waals surface area (Å²) in [6.07, 6.45) is 1.54. The smallest absolute Gasteiger partial charge is 0.242 e. The lowest BCUT2D eigenvalue weighted by atomic mass is 10.1. The van der Waals surface area contributed by atoms with Crippen LogP contribution in [0.25, 0.3) is 0 Å². The minimum atomic E-state index is -0.591. The molecular formula is C23H28Cl2N2O2. The van der Waals surface area contributed by atoms with Gasteiger partial charge in [-0.2, -0.15) is 0 Å². The van der Waals surface area contributed by atoms with Crippen molar-refractivity contribution in [2.75, 3.05) is 6.54 Å². The fraction of sp³-hybridized carbons (Fsp3) is 0.391. The second-order valence-electron chi connectivity index (χ2n) is 7.10. The maximum atomic E-state index is 13.3. The molecule has 6 heteroatoms. The third kappa shape index (κ3) is 6.48. The minimum absolute atomic E-state index is 0.134. The van der Waals surface area contributed by atoms with Crippen molar-refractivity contribution in [1.29, 1.82) is 0 Å². The number of nitrogens with one attached hydrogen (secondary N) is 1. The van der Waals surface area contributed by atoms with Crippen molar-refractivity contribution >= 4 is 35.0 Å². The number of carbonyl (C=O) groups is 2. The van der Waals surface area contributed by atoms with Crippen molar-refractivity contribution in [1.82, 2.24) is 10.2 Å². The molecule has 2 aromatic carbocycles. The Labute approximate surface area is 183 Å². The monoisotopic (exact) mass is 434 g/mol. The van der Waals surface area contributed by atoms with Crippen LogP contribution in [0.5, 0.6) is 0 Å². The van der Waals surface area contributed by atoms with Crippen LogP contribution in [0.2, 0.25) is 10.0 Å². The number of hydrogen-bond acceptors (Lipinski definition) is 2. The molecule has 0 aliphatic carbocycles. The van der Waals surface area contributed by atoms with Gasteiger partial charge in [0.1, 0.15) is 6.04 Å². The van der Waals surface area contributed by atoms with Crippen LogP contribution in [0, 0.1) is 6.92 Å². The molecule has 1 atom stereocenters. The maximum Gasteiger partial charge on any atom is 0.242 e. The first kappa shape index (κ1) is 23.2. The van der Waals surface area contributed by atoms with E-state index >= 15 is 0 Å². The van der Waals surface area contributed by atoms with Gasteiger partial charge in [-0.3, -0.25) is 9.59 Å². The normalized spacial score (nSPS) is 11.8. The van der Waals surface area contributed by atoms with Crippen molar-refractivity contribution in [2.24, 2.45) is 0 Å². The van der Waals surface area contributed by atoms with Crippen LogP contribution in [-0.2, 0) is 22.6 Å². The minimum Gasteiger partial charge on any atom is -0.354 e. The Morgan fingerprint density at radius 1 is 1.07 bits per heavy atom. The summed E-state index contributed by atoms with van der Waals surface area (Å²) in [7, 11) is 0. The molecule has 0 saturated carbocycles. The average molecular weight is 435 g/mol. The Morgan fingerprint density at radius 3 is 2.31 bits per heavy atom. The summed E-state index contributed by atoms with van der Waals surface area (Å²) >= 11 is 12.7. The van der Waals surface area contributed by atoms with Gasteiger partial charge in [-0.1, -0.05) is 72.9 Å². The summed E-state index contributed by atoms with van der Waals surface area (Å²) in [4.78, 5) is 27.7. The van der Waals surface area contributed by atoms with Crippen molar-refractivity contribution in [3.05, 3.63) is 69.2 Å². The standard InChI is InChI=1S/C23H28Cl2N2O2/c1-4-12-26-23(29)21(5-2)27(15-18-19(24)10-7-11-20(18)25)22(28)14-17-9-6-8-16(3)13-17/h6-11,13,21H,4-5,12,14-15H2,1-3H3,(H,26,29). The number of halogens is 2. The fourth-order valence-corrected chi connectivity index (χ4v) is 3.75. The maximum absolute atomic E-state index is 13.3. The van der Waals surface area contributed by atoms with E-state index < -0.39 is 6.04 Å². The zero-order valence-electron chi connectivity index (χ0n) is 17.2. The van der Waals surface area contributed by atoms with Crippen molar-refractivity contribution in [2.45, 2.75) is 52.6 Å². The summed E-state index contributed by atoms with van der Waals surface area (Å²) in [5.41, 5.74) is 2.65. The van der Waals surface area contributed by atoms with Crippen molar-refractivity contribution in [3.63, 3.8) is 0 Å². The van der Waals surface area contributed by atoms with Gasteiger partial charge in [-0.25, -0.2) is 0 Å². The molecule has 0 bridgehead atoms. The molecule has 0 radical (unpaired) electrons. The van der Waals surface area contributed by atoms with Crippen LogP contribution in [-0.4, -0.2) is 29.3 Å². The highest BCUT2D eigenvalue weighted by molar-refractivity contribution is 6.36. The summed E-state index contributed by atoms with van der Waals surface area (Å²) in [5, 5.41) is 3.87. The highest BCUT2D eigenvalue weighted by Crippen LogP contribution is 2.27. The van der Waals surface area contributed by atoms with Crippen LogP contribution in [0.3, 0.4) is 0 Å². The number of aryl methyl sites for hydroxylation is 1. The van der Waals surface area contributed by atoms with Crippen LogP contribution in [0.15, 0.2) is 42.5 Å². The summed E-state index contributed by atoms with van der Waals surface area (Å²) in [5.74, 6) is -0.291. The number of rotatable bonds is 9.